The van der Waals surface area contributed by atoms with Gasteiger partial charge in [0, 0.05) is 30.7 Å². The minimum atomic E-state index is -3.85. The highest BCUT2D eigenvalue weighted by atomic mass is 32.2. The average Bonchev–Trinajstić information content (AvgIpc) is 2.68. The summed E-state index contributed by atoms with van der Waals surface area (Å²) in [5.41, 5.74) is 2.94. The van der Waals surface area contributed by atoms with Crippen LogP contribution in [0.1, 0.15) is 25.0 Å². The largest absolute Gasteiger partial charge is 0.354 e. The van der Waals surface area contributed by atoms with E-state index in [1.54, 1.807) is 11.8 Å². The van der Waals surface area contributed by atoms with Crippen LogP contribution in [-0.4, -0.2) is 38.6 Å². The minimum Gasteiger partial charge on any atom is -0.354 e. The number of nitrogens with one attached hydrogen (secondary N) is 3. The van der Waals surface area contributed by atoms with E-state index in [0.29, 0.717) is 12.2 Å². The van der Waals surface area contributed by atoms with E-state index in [1.165, 1.54) is 49.2 Å². The number of hydrogen-bond acceptors (Lipinski definition) is 5. The number of rotatable bonds is 10. The molecule has 30 heavy (non-hydrogen) atoms. The van der Waals surface area contributed by atoms with E-state index in [4.69, 9.17) is 0 Å². The Bertz CT molecular complexity index is 959. The smallest absolute Gasteiger partial charge is 0.241 e. The number of anilines is 1. The summed E-state index contributed by atoms with van der Waals surface area (Å²) in [4.78, 5) is 23.3. The van der Waals surface area contributed by atoms with E-state index in [9.17, 15) is 18.0 Å². The lowest BCUT2D eigenvalue weighted by Crippen LogP contribution is -2.45. The number of benzene rings is 2. The van der Waals surface area contributed by atoms with Crippen molar-refractivity contribution in [3.05, 3.63) is 59.7 Å². The monoisotopic (exact) mass is 449 g/mol. The first kappa shape index (κ1) is 23.9. The van der Waals surface area contributed by atoms with Crippen molar-refractivity contribution in [1.29, 1.82) is 0 Å². The van der Waals surface area contributed by atoms with Crippen LogP contribution in [0.2, 0.25) is 0 Å². The SMILES string of the molecule is CC(=O)Nc1ccc(S(=O)(=O)N[C@@H](C)C(=O)NCCSCc2ccc(C)cc2)cc1. The molecular formula is C21H27N3O4S2. The number of hydrogen-bond donors (Lipinski definition) is 3. The first-order valence-corrected chi connectivity index (χ1v) is 12.1. The van der Waals surface area contributed by atoms with Gasteiger partial charge in [-0.15, -0.1) is 0 Å². The van der Waals surface area contributed by atoms with Gasteiger partial charge in [0.25, 0.3) is 0 Å². The Labute approximate surface area is 182 Å². The zero-order valence-electron chi connectivity index (χ0n) is 17.3. The summed E-state index contributed by atoms with van der Waals surface area (Å²) >= 11 is 1.70. The molecule has 0 bridgehead atoms. The van der Waals surface area contributed by atoms with Crippen molar-refractivity contribution in [1.82, 2.24) is 10.0 Å². The third kappa shape index (κ3) is 7.81. The maximum absolute atomic E-state index is 12.5. The summed E-state index contributed by atoms with van der Waals surface area (Å²) in [5, 5.41) is 5.32. The molecule has 2 aromatic rings. The molecule has 0 heterocycles. The number of amides is 2. The summed E-state index contributed by atoms with van der Waals surface area (Å²) in [7, 11) is -3.85. The molecule has 0 radical (unpaired) electrons. The number of sulfonamides is 1. The molecular weight excluding hydrogens is 422 g/mol. The van der Waals surface area contributed by atoms with Crippen LogP contribution >= 0.6 is 11.8 Å². The van der Waals surface area contributed by atoms with Crippen molar-refractivity contribution in [3.8, 4) is 0 Å². The molecule has 2 aromatic carbocycles. The number of carbonyl (C=O) groups excluding carboxylic acids is 2. The quantitative estimate of drug-likeness (QED) is 0.484. The van der Waals surface area contributed by atoms with Crippen molar-refractivity contribution in [2.24, 2.45) is 0 Å². The van der Waals surface area contributed by atoms with Crippen LogP contribution < -0.4 is 15.4 Å². The molecule has 0 spiro atoms. The first-order valence-electron chi connectivity index (χ1n) is 9.48. The van der Waals surface area contributed by atoms with Gasteiger partial charge in [0.05, 0.1) is 10.9 Å². The van der Waals surface area contributed by atoms with Gasteiger partial charge in [-0.1, -0.05) is 29.8 Å². The Kier molecular flexibility index (Phi) is 8.88. The fraction of sp³-hybridized carbons (Fsp3) is 0.333. The van der Waals surface area contributed by atoms with Gasteiger partial charge >= 0.3 is 0 Å². The molecule has 0 aliphatic rings. The van der Waals surface area contributed by atoms with Crippen molar-refractivity contribution >= 4 is 39.3 Å². The topological polar surface area (TPSA) is 104 Å². The molecule has 0 saturated carbocycles. The maximum atomic E-state index is 12.5. The standard InChI is InChI=1S/C21H27N3O4S2/c1-15-4-6-18(7-5-15)14-29-13-12-22-21(26)16(2)24-30(27,28)20-10-8-19(9-11-20)23-17(3)25/h4-11,16,24H,12-14H2,1-3H3,(H,22,26)(H,23,25)/t16-/m0/s1. The number of aryl methyl sites for hydroxylation is 1. The molecule has 0 saturated heterocycles. The summed E-state index contributed by atoms with van der Waals surface area (Å²) < 4.78 is 27.3. The molecule has 1 atom stereocenters. The summed E-state index contributed by atoms with van der Waals surface area (Å²) in [6.45, 7) is 5.36. The van der Waals surface area contributed by atoms with E-state index in [0.717, 1.165) is 11.5 Å². The number of carbonyl (C=O) groups is 2. The maximum Gasteiger partial charge on any atom is 0.241 e. The van der Waals surface area contributed by atoms with Crippen LogP contribution in [0, 0.1) is 6.92 Å². The molecule has 0 aromatic heterocycles. The highest BCUT2D eigenvalue weighted by molar-refractivity contribution is 7.98. The molecule has 0 aliphatic heterocycles. The fourth-order valence-electron chi connectivity index (χ4n) is 2.55. The Balaban J connectivity index is 1.76. The Morgan fingerprint density at radius 3 is 2.27 bits per heavy atom. The Hall–Kier alpha value is -2.36. The van der Waals surface area contributed by atoms with Crippen molar-refractivity contribution < 1.29 is 18.0 Å². The highest BCUT2D eigenvalue weighted by Gasteiger charge is 2.21. The Morgan fingerprint density at radius 2 is 1.67 bits per heavy atom. The van der Waals surface area contributed by atoms with Gasteiger partial charge in [0.2, 0.25) is 21.8 Å². The summed E-state index contributed by atoms with van der Waals surface area (Å²) in [6, 6.07) is 13.1. The second kappa shape index (κ2) is 11.1. The molecule has 7 nitrogen and oxygen atoms in total. The third-order valence-electron chi connectivity index (χ3n) is 4.15. The highest BCUT2D eigenvalue weighted by Crippen LogP contribution is 2.15. The minimum absolute atomic E-state index is 0.0184. The Morgan fingerprint density at radius 1 is 1.03 bits per heavy atom. The fourth-order valence-corrected chi connectivity index (χ4v) is 4.57. The third-order valence-corrected chi connectivity index (χ3v) is 6.73. The van der Waals surface area contributed by atoms with Crippen molar-refractivity contribution in [3.63, 3.8) is 0 Å². The second-order valence-electron chi connectivity index (χ2n) is 6.88. The zero-order valence-corrected chi connectivity index (χ0v) is 18.9. The second-order valence-corrected chi connectivity index (χ2v) is 9.70. The summed E-state index contributed by atoms with van der Waals surface area (Å²) in [6.07, 6.45) is 0. The predicted octanol–water partition coefficient (Wildman–Crippen LogP) is 2.67. The van der Waals surface area contributed by atoms with Gasteiger partial charge < -0.3 is 10.6 Å². The normalized spacial score (nSPS) is 12.2. The summed E-state index contributed by atoms with van der Waals surface area (Å²) in [5.74, 6) is 0.951. The molecule has 0 fully saturated rings. The molecule has 0 aliphatic carbocycles. The predicted molar refractivity (Wildman–Crippen MR) is 121 cm³/mol. The molecule has 9 heteroatoms. The lowest BCUT2D eigenvalue weighted by atomic mass is 10.2. The lowest BCUT2D eigenvalue weighted by Gasteiger charge is -2.15. The van der Waals surface area contributed by atoms with Gasteiger partial charge in [-0.25, -0.2) is 8.42 Å². The van der Waals surface area contributed by atoms with E-state index < -0.39 is 16.1 Å². The molecule has 162 valence electrons. The van der Waals surface area contributed by atoms with Crippen LogP contribution in [-0.2, 0) is 25.4 Å². The van der Waals surface area contributed by atoms with E-state index in [2.05, 4.69) is 39.6 Å². The van der Waals surface area contributed by atoms with Crippen LogP contribution in [0.4, 0.5) is 5.69 Å². The van der Waals surface area contributed by atoms with E-state index in [-0.39, 0.29) is 16.7 Å². The molecule has 3 N–H and O–H groups in total. The molecule has 2 amide bonds. The lowest BCUT2D eigenvalue weighted by molar-refractivity contribution is -0.122. The van der Waals surface area contributed by atoms with Gasteiger partial charge in [0.15, 0.2) is 0 Å². The van der Waals surface area contributed by atoms with Crippen LogP contribution in [0.25, 0.3) is 0 Å². The van der Waals surface area contributed by atoms with Gasteiger partial charge in [-0.3, -0.25) is 9.59 Å². The van der Waals surface area contributed by atoms with Crippen LogP contribution in [0.15, 0.2) is 53.4 Å². The van der Waals surface area contributed by atoms with Gasteiger partial charge in [0.1, 0.15) is 0 Å². The molecule has 0 unspecified atom stereocenters. The number of thioether (sulfide) groups is 1. The van der Waals surface area contributed by atoms with Crippen LogP contribution in [0.5, 0.6) is 0 Å². The van der Waals surface area contributed by atoms with E-state index >= 15 is 0 Å². The van der Waals surface area contributed by atoms with Crippen LogP contribution in [0.3, 0.4) is 0 Å². The van der Waals surface area contributed by atoms with Gasteiger partial charge in [-0.05, 0) is 43.7 Å². The average molecular weight is 450 g/mol. The molecule has 2 rings (SSSR count). The zero-order chi connectivity index (χ0) is 22.1. The van der Waals surface area contributed by atoms with Crippen molar-refractivity contribution in [2.75, 3.05) is 17.6 Å². The van der Waals surface area contributed by atoms with Crippen molar-refractivity contribution in [2.45, 2.75) is 37.5 Å². The van der Waals surface area contributed by atoms with E-state index in [1.807, 2.05) is 6.92 Å². The van der Waals surface area contributed by atoms with Gasteiger partial charge in [-0.2, -0.15) is 16.5 Å². The first-order chi connectivity index (χ1) is 14.2.